The zero-order chi connectivity index (χ0) is 9.26. The van der Waals surface area contributed by atoms with Gasteiger partial charge in [-0.3, -0.25) is 0 Å². The van der Waals surface area contributed by atoms with Crippen molar-refractivity contribution in [3.8, 4) is 0 Å². The van der Waals surface area contributed by atoms with Crippen molar-refractivity contribution < 1.29 is 0 Å². The number of nitrogens with zero attached hydrogens (tertiary/aromatic N) is 1. The van der Waals surface area contributed by atoms with Gasteiger partial charge in [0.05, 0.1) is 0 Å². The number of rotatable bonds is 3. The van der Waals surface area contributed by atoms with Gasteiger partial charge in [-0.2, -0.15) is 0 Å². The molecule has 1 aliphatic heterocycles. The van der Waals surface area contributed by atoms with E-state index in [1.807, 2.05) is 6.20 Å². The fraction of sp³-hybridized carbons (Fsp3) is 0.700. The van der Waals surface area contributed by atoms with Gasteiger partial charge in [-0.25, -0.2) is 4.98 Å². The van der Waals surface area contributed by atoms with Gasteiger partial charge in [0.15, 0.2) is 0 Å². The molecule has 2 N–H and O–H groups in total. The van der Waals surface area contributed by atoms with Crippen LogP contribution < -0.4 is 5.32 Å². The Kier molecular flexibility index (Phi) is 2.36. The number of aromatic amines is 1. The summed E-state index contributed by atoms with van der Waals surface area (Å²) in [4.78, 5) is 7.79. The van der Waals surface area contributed by atoms with Crippen LogP contribution in [0.25, 0.3) is 0 Å². The third kappa shape index (κ3) is 1.91. The van der Waals surface area contributed by atoms with E-state index in [1.165, 1.54) is 5.69 Å². The molecule has 0 spiro atoms. The molecule has 0 amide bonds. The molecule has 3 heteroatoms. The Hall–Kier alpha value is -0.830. The first-order valence-corrected chi connectivity index (χ1v) is 5.00. The van der Waals surface area contributed by atoms with Crippen molar-refractivity contribution in [1.82, 2.24) is 15.3 Å². The summed E-state index contributed by atoms with van der Waals surface area (Å²) in [5.74, 6) is 2.49. The number of H-pyrrole nitrogens is 1. The first-order chi connectivity index (χ1) is 6.25. The molecule has 72 valence electrons. The molecule has 0 atom stereocenters. The molecule has 0 saturated carbocycles. The molecule has 0 bridgehead atoms. The average molecular weight is 179 g/mol. The Morgan fingerprint density at radius 2 is 2.31 bits per heavy atom. The lowest BCUT2D eigenvalue weighted by molar-refractivity contribution is 0.432. The average Bonchev–Trinajstić information content (AvgIpc) is 2.31. The fourth-order valence-electron chi connectivity index (χ4n) is 1.61. The zero-order valence-electron chi connectivity index (χ0n) is 8.30. The van der Waals surface area contributed by atoms with Crippen molar-refractivity contribution in [2.24, 2.45) is 5.92 Å². The molecule has 0 aliphatic carbocycles. The Balaban J connectivity index is 2.00. The maximum atomic E-state index is 4.40. The van der Waals surface area contributed by atoms with Crippen molar-refractivity contribution in [1.29, 1.82) is 0 Å². The summed E-state index contributed by atoms with van der Waals surface area (Å²) in [6, 6.07) is 0. The largest absolute Gasteiger partial charge is 0.346 e. The van der Waals surface area contributed by atoms with Crippen LogP contribution in [-0.2, 0) is 6.42 Å². The molecular weight excluding hydrogens is 162 g/mol. The summed E-state index contributed by atoms with van der Waals surface area (Å²) in [6.45, 7) is 6.61. The molecule has 1 aromatic rings. The van der Waals surface area contributed by atoms with Crippen molar-refractivity contribution in [2.45, 2.75) is 26.2 Å². The summed E-state index contributed by atoms with van der Waals surface area (Å²) in [5.41, 5.74) is 1.27. The third-order valence-electron chi connectivity index (χ3n) is 2.44. The van der Waals surface area contributed by atoms with Gasteiger partial charge in [-0.05, 0) is 12.3 Å². The molecule has 1 aromatic heterocycles. The summed E-state index contributed by atoms with van der Waals surface area (Å²) in [7, 11) is 0. The number of hydrogen-bond acceptors (Lipinski definition) is 2. The smallest absolute Gasteiger partial charge is 0.111 e. The van der Waals surface area contributed by atoms with Crippen molar-refractivity contribution in [3.05, 3.63) is 17.7 Å². The van der Waals surface area contributed by atoms with Gasteiger partial charge >= 0.3 is 0 Å². The van der Waals surface area contributed by atoms with E-state index in [-0.39, 0.29) is 0 Å². The minimum Gasteiger partial charge on any atom is -0.346 e. The summed E-state index contributed by atoms with van der Waals surface area (Å²) in [5, 5.41) is 3.25. The highest BCUT2D eigenvalue weighted by molar-refractivity contribution is 5.09. The predicted molar refractivity (Wildman–Crippen MR) is 52.7 cm³/mol. The lowest BCUT2D eigenvalue weighted by Crippen LogP contribution is -2.40. The molecule has 0 radical (unpaired) electrons. The van der Waals surface area contributed by atoms with Gasteiger partial charge in [0, 0.05) is 30.9 Å². The molecule has 1 aliphatic rings. The van der Waals surface area contributed by atoms with Gasteiger partial charge in [0.25, 0.3) is 0 Å². The minimum atomic E-state index is 0.626. The molecule has 2 heterocycles. The van der Waals surface area contributed by atoms with Gasteiger partial charge in [0.2, 0.25) is 0 Å². The van der Waals surface area contributed by atoms with E-state index in [4.69, 9.17) is 0 Å². The molecule has 0 unspecified atom stereocenters. The van der Waals surface area contributed by atoms with Crippen LogP contribution in [0.1, 0.15) is 31.3 Å². The van der Waals surface area contributed by atoms with Crippen LogP contribution >= 0.6 is 0 Å². The zero-order valence-corrected chi connectivity index (χ0v) is 8.30. The standard InChI is InChI=1S/C10H17N3/c1-7(2)3-9-6-12-10(13-9)8-4-11-5-8/h6-8,11H,3-5H2,1-2H3,(H,12,13). The Morgan fingerprint density at radius 1 is 1.54 bits per heavy atom. The van der Waals surface area contributed by atoms with Gasteiger partial charge in [0.1, 0.15) is 5.82 Å². The number of nitrogens with one attached hydrogen (secondary N) is 2. The van der Waals surface area contributed by atoms with E-state index in [1.54, 1.807) is 0 Å². The highest BCUT2D eigenvalue weighted by Gasteiger charge is 2.21. The van der Waals surface area contributed by atoms with Crippen LogP contribution in [0.3, 0.4) is 0 Å². The van der Waals surface area contributed by atoms with Crippen LogP contribution in [0.4, 0.5) is 0 Å². The molecular formula is C10H17N3. The maximum Gasteiger partial charge on any atom is 0.111 e. The second-order valence-corrected chi connectivity index (χ2v) is 4.25. The van der Waals surface area contributed by atoms with E-state index in [0.29, 0.717) is 11.8 Å². The van der Waals surface area contributed by atoms with Crippen LogP contribution in [0.15, 0.2) is 6.20 Å². The van der Waals surface area contributed by atoms with E-state index < -0.39 is 0 Å². The highest BCUT2D eigenvalue weighted by atomic mass is 15.0. The predicted octanol–water partition coefficient (Wildman–Crippen LogP) is 1.29. The van der Waals surface area contributed by atoms with Crippen molar-refractivity contribution in [2.75, 3.05) is 13.1 Å². The second-order valence-electron chi connectivity index (χ2n) is 4.25. The van der Waals surface area contributed by atoms with Crippen molar-refractivity contribution >= 4 is 0 Å². The summed E-state index contributed by atoms with van der Waals surface area (Å²) >= 11 is 0. The van der Waals surface area contributed by atoms with E-state index in [2.05, 4.69) is 29.1 Å². The van der Waals surface area contributed by atoms with Gasteiger partial charge in [-0.1, -0.05) is 13.8 Å². The summed E-state index contributed by atoms with van der Waals surface area (Å²) < 4.78 is 0. The van der Waals surface area contributed by atoms with Crippen LogP contribution in [0, 0.1) is 5.92 Å². The Bertz CT molecular complexity index is 273. The monoisotopic (exact) mass is 179 g/mol. The first kappa shape index (κ1) is 8.75. The van der Waals surface area contributed by atoms with E-state index in [0.717, 1.165) is 25.3 Å². The quantitative estimate of drug-likeness (QED) is 0.734. The molecule has 0 aromatic carbocycles. The molecule has 2 rings (SSSR count). The fourth-order valence-corrected chi connectivity index (χ4v) is 1.61. The summed E-state index contributed by atoms with van der Waals surface area (Å²) in [6.07, 6.45) is 3.08. The van der Waals surface area contributed by atoms with Crippen molar-refractivity contribution in [3.63, 3.8) is 0 Å². The SMILES string of the molecule is CC(C)Cc1cnc(C2CNC2)[nH]1. The number of hydrogen-bond donors (Lipinski definition) is 2. The molecule has 1 fully saturated rings. The lowest BCUT2D eigenvalue weighted by Gasteiger charge is -2.24. The van der Waals surface area contributed by atoms with Gasteiger partial charge < -0.3 is 10.3 Å². The highest BCUT2D eigenvalue weighted by Crippen LogP contribution is 2.17. The second kappa shape index (κ2) is 3.50. The van der Waals surface area contributed by atoms with E-state index in [9.17, 15) is 0 Å². The first-order valence-electron chi connectivity index (χ1n) is 5.00. The lowest BCUT2D eigenvalue weighted by atomic mass is 10.0. The third-order valence-corrected chi connectivity index (χ3v) is 2.44. The maximum absolute atomic E-state index is 4.40. The minimum absolute atomic E-state index is 0.626. The van der Waals surface area contributed by atoms with Gasteiger partial charge in [-0.15, -0.1) is 0 Å². The number of aromatic nitrogens is 2. The normalized spacial score (nSPS) is 17.8. The topological polar surface area (TPSA) is 40.7 Å². The number of imidazole rings is 1. The van der Waals surface area contributed by atoms with Crippen LogP contribution in [0.2, 0.25) is 0 Å². The Morgan fingerprint density at radius 3 is 2.85 bits per heavy atom. The Labute approximate surface area is 79.0 Å². The van der Waals surface area contributed by atoms with Crippen LogP contribution in [-0.4, -0.2) is 23.1 Å². The van der Waals surface area contributed by atoms with E-state index >= 15 is 0 Å². The van der Waals surface area contributed by atoms with Crippen LogP contribution in [0.5, 0.6) is 0 Å². The molecule has 3 nitrogen and oxygen atoms in total. The molecule has 13 heavy (non-hydrogen) atoms. The molecule has 1 saturated heterocycles.